The first-order valence-corrected chi connectivity index (χ1v) is 4.04. The molecule has 1 atom stereocenters. The molecule has 0 aliphatic heterocycles. The SMILES string of the molecule is CCOCC(O)Cn1ccnc1. The van der Waals surface area contributed by atoms with E-state index in [0.29, 0.717) is 19.8 Å². The maximum Gasteiger partial charge on any atom is 0.0952 e. The predicted octanol–water partition coefficient (Wildman–Crippen LogP) is 0.280. The molecule has 1 aromatic rings. The fraction of sp³-hybridized carbons (Fsp3) is 0.625. The van der Waals surface area contributed by atoms with Gasteiger partial charge in [-0.15, -0.1) is 0 Å². The second-order valence-corrected chi connectivity index (χ2v) is 2.57. The van der Waals surface area contributed by atoms with E-state index in [4.69, 9.17) is 4.74 Å². The van der Waals surface area contributed by atoms with E-state index in [1.54, 1.807) is 12.5 Å². The zero-order chi connectivity index (χ0) is 8.81. The van der Waals surface area contributed by atoms with E-state index in [9.17, 15) is 5.11 Å². The Morgan fingerprint density at radius 2 is 2.50 bits per heavy atom. The smallest absolute Gasteiger partial charge is 0.0952 e. The summed E-state index contributed by atoms with van der Waals surface area (Å²) in [6.45, 7) is 3.47. The molecule has 4 nitrogen and oxygen atoms in total. The monoisotopic (exact) mass is 170 g/mol. The van der Waals surface area contributed by atoms with Crippen LogP contribution in [-0.4, -0.2) is 34.0 Å². The maximum absolute atomic E-state index is 9.38. The Balaban J connectivity index is 2.22. The highest BCUT2D eigenvalue weighted by atomic mass is 16.5. The average Bonchev–Trinajstić information content (AvgIpc) is 2.53. The van der Waals surface area contributed by atoms with Crippen LogP contribution < -0.4 is 0 Å². The molecule has 4 heteroatoms. The second-order valence-electron chi connectivity index (χ2n) is 2.57. The van der Waals surface area contributed by atoms with Gasteiger partial charge in [-0.1, -0.05) is 0 Å². The van der Waals surface area contributed by atoms with Crippen LogP contribution in [-0.2, 0) is 11.3 Å². The number of imidazole rings is 1. The lowest BCUT2D eigenvalue weighted by Gasteiger charge is -2.10. The highest BCUT2D eigenvalue weighted by molar-refractivity contribution is 4.75. The van der Waals surface area contributed by atoms with Gasteiger partial charge in [0, 0.05) is 19.0 Å². The summed E-state index contributed by atoms with van der Waals surface area (Å²) in [4.78, 5) is 3.87. The highest BCUT2D eigenvalue weighted by Gasteiger charge is 2.03. The van der Waals surface area contributed by atoms with Crippen LogP contribution in [0, 0.1) is 0 Å². The molecule has 1 N–H and O–H groups in total. The van der Waals surface area contributed by atoms with Gasteiger partial charge in [0.15, 0.2) is 0 Å². The number of hydrogen-bond donors (Lipinski definition) is 1. The minimum Gasteiger partial charge on any atom is -0.389 e. The Bertz CT molecular complexity index is 199. The lowest BCUT2D eigenvalue weighted by atomic mass is 10.4. The van der Waals surface area contributed by atoms with Crippen molar-refractivity contribution in [2.24, 2.45) is 0 Å². The van der Waals surface area contributed by atoms with Crippen molar-refractivity contribution in [3.05, 3.63) is 18.7 Å². The van der Waals surface area contributed by atoms with Crippen LogP contribution in [0.3, 0.4) is 0 Å². The molecule has 0 spiro atoms. The molecular weight excluding hydrogens is 156 g/mol. The Morgan fingerprint density at radius 3 is 3.08 bits per heavy atom. The molecule has 1 unspecified atom stereocenters. The molecule has 1 heterocycles. The highest BCUT2D eigenvalue weighted by Crippen LogP contribution is 1.92. The van der Waals surface area contributed by atoms with Gasteiger partial charge in [-0.05, 0) is 6.92 Å². The van der Waals surface area contributed by atoms with Gasteiger partial charge < -0.3 is 14.4 Å². The third kappa shape index (κ3) is 3.02. The third-order valence-electron chi connectivity index (χ3n) is 1.50. The van der Waals surface area contributed by atoms with E-state index >= 15 is 0 Å². The molecule has 0 aromatic carbocycles. The van der Waals surface area contributed by atoms with Crippen LogP contribution >= 0.6 is 0 Å². The number of nitrogens with zero attached hydrogens (tertiary/aromatic N) is 2. The van der Waals surface area contributed by atoms with E-state index in [1.165, 1.54) is 0 Å². The number of hydrogen-bond acceptors (Lipinski definition) is 3. The third-order valence-corrected chi connectivity index (χ3v) is 1.50. The minimum absolute atomic E-state index is 0.384. The van der Waals surface area contributed by atoms with Crippen molar-refractivity contribution in [1.82, 2.24) is 9.55 Å². The van der Waals surface area contributed by atoms with Crippen molar-refractivity contribution >= 4 is 0 Å². The summed E-state index contributed by atoms with van der Waals surface area (Å²) in [7, 11) is 0. The lowest BCUT2D eigenvalue weighted by molar-refractivity contribution is 0.0335. The van der Waals surface area contributed by atoms with Crippen molar-refractivity contribution in [1.29, 1.82) is 0 Å². The molecular formula is C8H14N2O2. The largest absolute Gasteiger partial charge is 0.389 e. The van der Waals surface area contributed by atoms with E-state index in [0.717, 1.165) is 0 Å². The number of aromatic nitrogens is 2. The molecule has 1 aromatic heterocycles. The molecule has 0 bridgehead atoms. The second kappa shape index (κ2) is 4.90. The van der Waals surface area contributed by atoms with Crippen LogP contribution in [0.2, 0.25) is 0 Å². The average molecular weight is 170 g/mol. The summed E-state index contributed by atoms with van der Waals surface area (Å²) in [5, 5.41) is 9.38. The molecule has 0 amide bonds. The van der Waals surface area contributed by atoms with Crippen molar-refractivity contribution in [2.45, 2.75) is 19.6 Å². The molecule has 0 aliphatic rings. The fourth-order valence-corrected chi connectivity index (χ4v) is 0.945. The summed E-state index contributed by atoms with van der Waals surface area (Å²) >= 11 is 0. The number of aliphatic hydroxyl groups excluding tert-OH is 1. The Labute approximate surface area is 71.8 Å². The zero-order valence-corrected chi connectivity index (χ0v) is 7.18. The first-order chi connectivity index (χ1) is 5.83. The topological polar surface area (TPSA) is 47.3 Å². The fourth-order valence-electron chi connectivity index (χ4n) is 0.945. The zero-order valence-electron chi connectivity index (χ0n) is 7.18. The van der Waals surface area contributed by atoms with Gasteiger partial charge in [-0.2, -0.15) is 0 Å². The van der Waals surface area contributed by atoms with Crippen molar-refractivity contribution in [3.8, 4) is 0 Å². The maximum atomic E-state index is 9.38. The van der Waals surface area contributed by atoms with E-state index in [-0.39, 0.29) is 0 Å². The molecule has 0 saturated heterocycles. The van der Waals surface area contributed by atoms with Gasteiger partial charge in [0.25, 0.3) is 0 Å². The predicted molar refractivity (Wildman–Crippen MR) is 44.7 cm³/mol. The lowest BCUT2D eigenvalue weighted by Crippen LogP contribution is -2.21. The Hall–Kier alpha value is -0.870. The molecule has 0 radical (unpaired) electrons. The Kier molecular flexibility index (Phi) is 3.76. The van der Waals surface area contributed by atoms with E-state index in [2.05, 4.69) is 4.98 Å². The summed E-state index contributed by atoms with van der Waals surface area (Å²) in [5.41, 5.74) is 0. The van der Waals surface area contributed by atoms with E-state index in [1.807, 2.05) is 17.7 Å². The number of ether oxygens (including phenoxy) is 1. The minimum atomic E-state index is -0.445. The van der Waals surface area contributed by atoms with Gasteiger partial charge in [-0.25, -0.2) is 4.98 Å². The summed E-state index contributed by atoms with van der Waals surface area (Å²) < 4.78 is 6.88. The number of rotatable bonds is 5. The van der Waals surface area contributed by atoms with Crippen molar-refractivity contribution in [2.75, 3.05) is 13.2 Å². The van der Waals surface area contributed by atoms with Crippen LogP contribution in [0.15, 0.2) is 18.7 Å². The quantitative estimate of drug-likeness (QED) is 0.690. The molecule has 0 saturated carbocycles. The molecule has 68 valence electrons. The van der Waals surface area contributed by atoms with Crippen LogP contribution in [0.1, 0.15) is 6.92 Å². The van der Waals surface area contributed by atoms with Crippen LogP contribution in [0.5, 0.6) is 0 Å². The van der Waals surface area contributed by atoms with Gasteiger partial charge in [-0.3, -0.25) is 0 Å². The standard InChI is InChI=1S/C8H14N2O2/c1-2-12-6-8(11)5-10-4-3-9-7-10/h3-4,7-8,11H,2,5-6H2,1H3. The van der Waals surface area contributed by atoms with Crippen molar-refractivity contribution < 1.29 is 9.84 Å². The first kappa shape index (κ1) is 9.22. The number of aliphatic hydroxyl groups is 1. The molecule has 0 aliphatic carbocycles. The van der Waals surface area contributed by atoms with E-state index < -0.39 is 6.10 Å². The molecule has 0 fully saturated rings. The van der Waals surface area contributed by atoms with Crippen LogP contribution in [0.4, 0.5) is 0 Å². The van der Waals surface area contributed by atoms with Gasteiger partial charge in [0.2, 0.25) is 0 Å². The molecule has 12 heavy (non-hydrogen) atoms. The summed E-state index contributed by atoms with van der Waals surface area (Å²) in [6.07, 6.45) is 4.73. The summed E-state index contributed by atoms with van der Waals surface area (Å²) in [5.74, 6) is 0. The van der Waals surface area contributed by atoms with Gasteiger partial charge >= 0.3 is 0 Å². The van der Waals surface area contributed by atoms with Gasteiger partial charge in [0.1, 0.15) is 0 Å². The van der Waals surface area contributed by atoms with Crippen molar-refractivity contribution in [3.63, 3.8) is 0 Å². The molecule has 1 rings (SSSR count). The van der Waals surface area contributed by atoms with Crippen LogP contribution in [0.25, 0.3) is 0 Å². The normalized spacial score (nSPS) is 13.2. The summed E-state index contributed by atoms with van der Waals surface area (Å²) in [6, 6.07) is 0. The van der Waals surface area contributed by atoms with Gasteiger partial charge in [0.05, 0.1) is 25.6 Å². The first-order valence-electron chi connectivity index (χ1n) is 4.04. The Morgan fingerprint density at radius 1 is 1.67 bits per heavy atom.